The van der Waals surface area contributed by atoms with Gasteiger partial charge in [-0.3, -0.25) is 9.69 Å². The van der Waals surface area contributed by atoms with Crippen LogP contribution in [0, 0.1) is 0 Å². The molecule has 18 heavy (non-hydrogen) atoms. The number of hydrogen-bond donors (Lipinski definition) is 2. The molecule has 3 N–H and O–H groups in total. The second-order valence-corrected chi connectivity index (χ2v) is 5.25. The number of likely N-dealkylation sites (tertiary alicyclic amines) is 1. The number of amides is 1. The van der Waals surface area contributed by atoms with Gasteiger partial charge in [0.05, 0.1) is 0 Å². The molecule has 5 nitrogen and oxygen atoms in total. The summed E-state index contributed by atoms with van der Waals surface area (Å²) in [5, 5.41) is 2.85. The first kappa shape index (κ1) is 15.4. The number of likely N-dealkylation sites (N-methyl/N-ethyl adjacent to an activating group) is 1. The van der Waals surface area contributed by atoms with Crippen molar-refractivity contribution in [1.29, 1.82) is 0 Å². The molecule has 0 saturated carbocycles. The maximum absolute atomic E-state index is 11.7. The third kappa shape index (κ3) is 4.55. The van der Waals surface area contributed by atoms with E-state index in [-0.39, 0.29) is 11.9 Å². The van der Waals surface area contributed by atoms with Crippen molar-refractivity contribution in [3.63, 3.8) is 0 Å². The number of nitrogens with zero attached hydrogens (tertiary/aromatic N) is 2. The van der Waals surface area contributed by atoms with Crippen LogP contribution >= 0.6 is 0 Å². The summed E-state index contributed by atoms with van der Waals surface area (Å²) in [5.41, 5.74) is 5.82. The zero-order valence-corrected chi connectivity index (χ0v) is 12.0. The lowest BCUT2D eigenvalue weighted by Gasteiger charge is -2.39. The van der Waals surface area contributed by atoms with Crippen molar-refractivity contribution in [3.05, 3.63) is 0 Å². The normalized spacial score (nSPS) is 20.1. The second kappa shape index (κ2) is 7.71. The molecule has 0 aromatic rings. The Balaban J connectivity index is 2.45. The molecule has 5 heteroatoms. The van der Waals surface area contributed by atoms with Crippen LogP contribution in [-0.2, 0) is 4.79 Å². The summed E-state index contributed by atoms with van der Waals surface area (Å²) in [6.07, 6.45) is 2.84. The van der Waals surface area contributed by atoms with E-state index in [0.717, 1.165) is 13.1 Å². The number of nitrogens with one attached hydrogen (secondary N) is 1. The average Bonchev–Trinajstić information content (AvgIpc) is 2.36. The van der Waals surface area contributed by atoms with Gasteiger partial charge in [-0.05, 0) is 47.0 Å². The smallest absolute Gasteiger partial charge is 0.221 e. The zero-order valence-electron chi connectivity index (χ0n) is 12.0. The molecular formula is C13H28N4O. The molecule has 1 rings (SSSR count). The van der Waals surface area contributed by atoms with Crippen molar-refractivity contribution in [3.8, 4) is 0 Å². The van der Waals surface area contributed by atoms with Gasteiger partial charge in [0.2, 0.25) is 5.91 Å². The van der Waals surface area contributed by atoms with E-state index in [0.29, 0.717) is 25.6 Å². The number of piperidine rings is 1. The van der Waals surface area contributed by atoms with Crippen LogP contribution in [-0.4, -0.2) is 68.1 Å². The number of nitrogens with two attached hydrogens (primary N) is 1. The molecule has 1 amide bonds. The van der Waals surface area contributed by atoms with Gasteiger partial charge in [-0.2, -0.15) is 0 Å². The number of carbonyl (C=O) groups is 1. The van der Waals surface area contributed by atoms with E-state index in [4.69, 9.17) is 5.73 Å². The quantitative estimate of drug-likeness (QED) is 0.695. The van der Waals surface area contributed by atoms with E-state index in [2.05, 4.69) is 29.2 Å². The first-order valence-corrected chi connectivity index (χ1v) is 6.95. The maximum atomic E-state index is 11.7. The SMILES string of the molecule is CCNC(=O)CC(CN)N(C)C1CCN(C)CC1. The van der Waals surface area contributed by atoms with E-state index in [1.807, 2.05) is 6.92 Å². The van der Waals surface area contributed by atoms with Crippen molar-refractivity contribution in [2.24, 2.45) is 5.73 Å². The zero-order chi connectivity index (χ0) is 13.5. The summed E-state index contributed by atoms with van der Waals surface area (Å²) in [6, 6.07) is 0.717. The largest absolute Gasteiger partial charge is 0.356 e. The van der Waals surface area contributed by atoms with Gasteiger partial charge in [-0.25, -0.2) is 0 Å². The van der Waals surface area contributed by atoms with Crippen LogP contribution in [0.1, 0.15) is 26.2 Å². The van der Waals surface area contributed by atoms with Crippen molar-refractivity contribution in [2.45, 2.75) is 38.3 Å². The van der Waals surface area contributed by atoms with Gasteiger partial charge in [0.25, 0.3) is 0 Å². The Morgan fingerprint density at radius 1 is 1.50 bits per heavy atom. The van der Waals surface area contributed by atoms with Gasteiger partial charge >= 0.3 is 0 Å². The third-order valence-corrected chi connectivity index (χ3v) is 3.91. The van der Waals surface area contributed by atoms with Crippen LogP contribution in [0.2, 0.25) is 0 Å². The lowest BCUT2D eigenvalue weighted by atomic mass is 10.0. The minimum atomic E-state index is 0.104. The summed E-state index contributed by atoms with van der Waals surface area (Å²) in [4.78, 5) is 16.3. The summed E-state index contributed by atoms with van der Waals surface area (Å²) in [7, 11) is 4.26. The highest BCUT2D eigenvalue weighted by molar-refractivity contribution is 5.76. The van der Waals surface area contributed by atoms with E-state index >= 15 is 0 Å². The molecule has 1 unspecified atom stereocenters. The van der Waals surface area contributed by atoms with E-state index in [1.165, 1.54) is 12.8 Å². The molecule has 0 aromatic carbocycles. The molecule has 0 aliphatic carbocycles. The van der Waals surface area contributed by atoms with Crippen LogP contribution in [0.5, 0.6) is 0 Å². The topological polar surface area (TPSA) is 61.6 Å². The Kier molecular flexibility index (Phi) is 6.60. The van der Waals surface area contributed by atoms with E-state index in [1.54, 1.807) is 0 Å². The maximum Gasteiger partial charge on any atom is 0.221 e. The fourth-order valence-corrected chi connectivity index (χ4v) is 2.58. The first-order chi connectivity index (χ1) is 8.58. The predicted octanol–water partition coefficient (Wildman–Crippen LogP) is -0.134. The first-order valence-electron chi connectivity index (χ1n) is 6.95. The van der Waals surface area contributed by atoms with Crippen LogP contribution in [0.4, 0.5) is 0 Å². The number of rotatable bonds is 6. The lowest BCUT2D eigenvalue weighted by Crippen LogP contribution is -2.50. The molecule has 1 heterocycles. The van der Waals surface area contributed by atoms with Gasteiger partial charge < -0.3 is 16.0 Å². The van der Waals surface area contributed by atoms with Crippen molar-refractivity contribution in [2.75, 3.05) is 40.3 Å². The average molecular weight is 256 g/mol. The third-order valence-electron chi connectivity index (χ3n) is 3.91. The van der Waals surface area contributed by atoms with Gasteiger partial charge in [-0.1, -0.05) is 0 Å². The summed E-state index contributed by atoms with van der Waals surface area (Å²) in [6.45, 7) is 5.44. The molecule has 0 radical (unpaired) electrons. The monoisotopic (exact) mass is 256 g/mol. The minimum absolute atomic E-state index is 0.104. The molecular weight excluding hydrogens is 228 g/mol. The van der Waals surface area contributed by atoms with Gasteiger partial charge in [0.15, 0.2) is 0 Å². The Labute approximate surface area is 111 Å². The predicted molar refractivity (Wildman–Crippen MR) is 74.4 cm³/mol. The highest BCUT2D eigenvalue weighted by atomic mass is 16.1. The molecule has 1 fully saturated rings. The molecule has 0 spiro atoms. The highest BCUT2D eigenvalue weighted by Gasteiger charge is 2.26. The van der Waals surface area contributed by atoms with Gasteiger partial charge in [0.1, 0.15) is 0 Å². The molecule has 1 saturated heterocycles. The van der Waals surface area contributed by atoms with Crippen molar-refractivity contribution < 1.29 is 4.79 Å². The molecule has 106 valence electrons. The lowest BCUT2D eigenvalue weighted by molar-refractivity contribution is -0.122. The van der Waals surface area contributed by atoms with E-state index < -0.39 is 0 Å². The molecule has 1 atom stereocenters. The number of hydrogen-bond acceptors (Lipinski definition) is 4. The Morgan fingerprint density at radius 3 is 2.61 bits per heavy atom. The van der Waals surface area contributed by atoms with Crippen molar-refractivity contribution in [1.82, 2.24) is 15.1 Å². The molecule has 0 bridgehead atoms. The molecule has 1 aliphatic heterocycles. The Morgan fingerprint density at radius 2 is 2.11 bits per heavy atom. The summed E-state index contributed by atoms with van der Waals surface area (Å²) in [5.74, 6) is 0.104. The minimum Gasteiger partial charge on any atom is -0.356 e. The van der Waals surface area contributed by atoms with Gasteiger partial charge in [0, 0.05) is 31.6 Å². The van der Waals surface area contributed by atoms with Crippen LogP contribution in [0.3, 0.4) is 0 Å². The Bertz CT molecular complexity index is 251. The summed E-state index contributed by atoms with van der Waals surface area (Å²) >= 11 is 0. The Hall–Kier alpha value is -0.650. The number of carbonyl (C=O) groups excluding carboxylic acids is 1. The standard InChI is InChI=1S/C13H28N4O/c1-4-15-13(18)9-12(10-14)17(3)11-5-7-16(2)8-6-11/h11-12H,4-10,14H2,1-3H3,(H,15,18). The van der Waals surface area contributed by atoms with E-state index in [9.17, 15) is 4.79 Å². The molecule has 0 aromatic heterocycles. The molecule has 1 aliphatic rings. The van der Waals surface area contributed by atoms with Crippen LogP contribution in [0.15, 0.2) is 0 Å². The second-order valence-electron chi connectivity index (χ2n) is 5.25. The van der Waals surface area contributed by atoms with Gasteiger partial charge in [-0.15, -0.1) is 0 Å². The fraction of sp³-hybridized carbons (Fsp3) is 0.923. The van der Waals surface area contributed by atoms with Crippen molar-refractivity contribution >= 4 is 5.91 Å². The highest BCUT2D eigenvalue weighted by Crippen LogP contribution is 2.17. The van der Waals surface area contributed by atoms with Crippen LogP contribution in [0.25, 0.3) is 0 Å². The fourth-order valence-electron chi connectivity index (χ4n) is 2.58. The summed E-state index contributed by atoms with van der Waals surface area (Å²) < 4.78 is 0. The van der Waals surface area contributed by atoms with Crippen LogP contribution < -0.4 is 11.1 Å².